The summed E-state index contributed by atoms with van der Waals surface area (Å²) in [5.74, 6) is 1.12. The Labute approximate surface area is 117 Å². The zero-order chi connectivity index (χ0) is 13.8. The summed E-state index contributed by atoms with van der Waals surface area (Å²) in [6.45, 7) is 5.22. The number of hydrogen-bond acceptors (Lipinski definition) is 2. The van der Waals surface area contributed by atoms with Crippen molar-refractivity contribution in [3.8, 4) is 0 Å². The Bertz CT molecular complexity index is 554. The summed E-state index contributed by atoms with van der Waals surface area (Å²) >= 11 is 5.79. The molecule has 0 amide bonds. The monoisotopic (exact) mass is 284 g/mol. The third-order valence-electron chi connectivity index (χ3n) is 2.87. The summed E-state index contributed by atoms with van der Waals surface area (Å²) in [6.07, 6.45) is 0.850. The third-order valence-corrected chi connectivity index (χ3v) is 3.06. The molecule has 5 heteroatoms. The molecule has 0 bridgehead atoms. The van der Waals surface area contributed by atoms with E-state index in [-0.39, 0.29) is 11.9 Å². The molecule has 0 saturated carbocycles. The van der Waals surface area contributed by atoms with Crippen molar-refractivity contribution < 1.29 is 9.13 Å². The zero-order valence-electron chi connectivity index (χ0n) is 11.2. The van der Waals surface area contributed by atoms with Crippen LogP contribution in [0.1, 0.15) is 19.7 Å². The fraction of sp³-hybridized carbons (Fsp3) is 0.500. The van der Waals surface area contributed by atoms with E-state index < -0.39 is 0 Å². The van der Waals surface area contributed by atoms with Gasteiger partial charge >= 0.3 is 0 Å². The number of rotatable bonds is 6. The fourth-order valence-electron chi connectivity index (χ4n) is 2.05. The van der Waals surface area contributed by atoms with E-state index in [1.807, 2.05) is 18.4 Å². The van der Waals surface area contributed by atoms with E-state index in [0.717, 1.165) is 16.9 Å². The Kier molecular flexibility index (Phi) is 4.77. The number of alkyl halides is 1. The molecule has 0 saturated heterocycles. The Morgan fingerprint density at radius 1 is 1.42 bits per heavy atom. The molecule has 19 heavy (non-hydrogen) atoms. The van der Waals surface area contributed by atoms with Gasteiger partial charge in [-0.15, -0.1) is 11.6 Å². The molecule has 104 valence electrons. The minimum Gasteiger partial charge on any atom is -0.377 e. The maximum absolute atomic E-state index is 13.4. The minimum atomic E-state index is -0.254. The van der Waals surface area contributed by atoms with Gasteiger partial charge in [0.15, 0.2) is 0 Å². The highest BCUT2D eigenvalue weighted by Crippen LogP contribution is 2.18. The van der Waals surface area contributed by atoms with E-state index in [1.54, 1.807) is 6.07 Å². The van der Waals surface area contributed by atoms with Gasteiger partial charge in [0.2, 0.25) is 0 Å². The summed E-state index contributed by atoms with van der Waals surface area (Å²) in [7, 11) is 0. The topological polar surface area (TPSA) is 27.1 Å². The molecule has 3 nitrogen and oxygen atoms in total. The molecule has 0 aliphatic carbocycles. The lowest BCUT2D eigenvalue weighted by molar-refractivity contribution is 0.0729. The van der Waals surface area contributed by atoms with E-state index in [1.165, 1.54) is 12.1 Å². The molecule has 2 rings (SSSR count). The van der Waals surface area contributed by atoms with Crippen molar-refractivity contribution in [2.45, 2.75) is 32.9 Å². The van der Waals surface area contributed by atoms with Crippen molar-refractivity contribution in [2.75, 3.05) is 12.5 Å². The molecule has 0 unspecified atom stereocenters. The third kappa shape index (κ3) is 3.45. The number of ether oxygens (including phenoxy) is 1. The van der Waals surface area contributed by atoms with E-state index in [9.17, 15) is 4.39 Å². The second kappa shape index (κ2) is 6.35. The number of fused-ring (bicyclic) bond motifs is 1. The van der Waals surface area contributed by atoms with Crippen LogP contribution in [0, 0.1) is 5.82 Å². The van der Waals surface area contributed by atoms with Gasteiger partial charge in [0.1, 0.15) is 11.6 Å². The van der Waals surface area contributed by atoms with Crippen molar-refractivity contribution in [2.24, 2.45) is 0 Å². The smallest absolute Gasteiger partial charge is 0.125 e. The van der Waals surface area contributed by atoms with E-state index in [4.69, 9.17) is 16.3 Å². The van der Waals surface area contributed by atoms with Crippen LogP contribution in [0.2, 0.25) is 0 Å². The van der Waals surface area contributed by atoms with Crippen LogP contribution >= 0.6 is 11.6 Å². The van der Waals surface area contributed by atoms with Gasteiger partial charge in [-0.1, -0.05) is 0 Å². The SMILES string of the molecule is CC(C)OCCn1c(CCCl)nc2ccc(F)cc21. The van der Waals surface area contributed by atoms with Crippen LogP contribution in [0.15, 0.2) is 18.2 Å². The highest BCUT2D eigenvalue weighted by molar-refractivity contribution is 6.17. The largest absolute Gasteiger partial charge is 0.377 e. The van der Waals surface area contributed by atoms with Crippen LogP contribution < -0.4 is 0 Å². The molecule has 0 radical (unpaired) electrons. The average Bonchev–Trinajstić information content (AvgIpc) is 2.67. The Morgan fingerprint density at radius 2 is 2.21 bits per heavy atom. The van der Waals surface area contributed by atoms with Crippen LogP contribution in [0.25, 0.3) is 11.0 Å². The molecule has 0 atom stereocenters. The summed E-state index contributed by atoms with van der Waals surface area (Å²) < 4.78 is 20.9. The van der Waals surface area contributed by atoms with Gasteiger partial charge in [-0.25, -0.2) is 9.37 Å². The van der Waals surface area contributed by atoms with Crippen LogP contribution in [-0.2, 0) is 17.7 Å². The number of hydrogen-bond donors (Lipinski definition) is 0. The lowest BCUT2D eigenvalue weighted by atomic mass is 10.3. The van der Waals surface area contributed by atoms with Gasteiger partial charge in [0.25, 0.3) is 0 Å². The number of aromatic nitrogens is 2. The number of imidazole rings is 1. The van der Waals surface area contributed by atoms with Gasteiger partial charge in [-0.3, -0.25) is 0 Å². The fourth-order valence-corrected chi connectivity index (χ4v) is 2.22. The van der Waals surface area contributed by atoms with Crippen LogP contribution in [0.4, 0.5) is 4.39 Å². The molecule has 1 aromatic heterocycles. The molecule has 2 aromatic rings. The number of halogens is 2. The highest BCUT2D eigenvalue weighted by Gasteiger charge is 2.11. The molecular formula is C14H18ClFN2O. The molecule has 0 aliphatic rings. The van der Waals surface area contributed by atoms with Gasteiger partial charge in [0, 0.05) is 18.8 Å². The average molecular weight is 285 g/mol. The molecule has 0 aliphatic heterocycles. The molecule has 0 fully saturated rings. The zero-order valence-corrected chi connectivity index (χ0v) is 12.0. The second-order valence-electron chi connectivity index (χ2n) is 4.67. The highest BCUT2D eigenvalue weighted by atomic mass is 35.5. The molecule has 1 aromatic carbocycles. The van der Waals surface area contributed by atoms with Gasteiger partial charge in [0.05, 0.1) is 23.7 Å². The van der Waals surface area contributed by atoms with E-state index in [0.29, 0.717) is 25.5 Å². The summed E-state index contributed by atoms with van der Waals surface area (Å²) in [4.78, 5) is 4.50. The predicted octanol–water partition coefficient (Wildman–Crippen LogP) is 3.38. The first-order valence-corrected chi connectivity index (χ1v) is 6.97. The van der Waals surface area contributed by atoms with Crippen molar-refractivity contribution in [1.82, 2.24) is 9.55 Å². The summed E-state index contributed by atoms with van der Waals surface area (Å²) in [5.41, 5.74) is 1.60. The van der Waals surface area contributed by atoms with Gasteiger partial charge in [-0.05, 0) is 32.0 Å². The van der Waals surface area contributed by atoms with Crippen LogP contribution in [0.3, 0.4) is 0 Å². The molecule has 1 heterocycles. The first-order valence-electron chi connectivity index (χ1n) is 6.44. The molecule has 0 spiro atoms. The Morgan fingerprint density at radius 3 is 2.89 bits per heavy atom. The second-order valence-corrected chi connectivity index (χ2v) is 5.05. The molecule has 0 N–H and O–H groups in total. The lowest BCUT2D eigenvalue weighted by Crippen LogP contribution is -2.13. The van der Waals surface area contributed by atoms with E-state index in [2.05, 4.69) is 4.98 Å². The normalized spacial score (nSPS) is 11.6. The predicted molar refractivity (Wildman–Crippen MR) is 75.2 cm³/mol. The van der Waals surface area contributed by atoms with Gasteiger partial charge in [-0.2, -0.15) is 0 Å². The van der Waals surface area contributed by atoms with Crippen molar-refractivity contribution in [3.63, 3.8) is 0 Å². The van der Waals surface area contributed by atoms with Crippen molar-refractivity contribution >= 4 is 22.6 Å². The number of nitrogens with zero attached hydrogens (tertiary/aromatic N) is 2. The first kappa shape index (κ1) is 14.3. The van der Waals surface area contributed by atoms with Crippen LogP contribution in [-0.4, -0.2) is 28.1 Å². The number of aryl methyl sites for hydroxylation is 1. The minimum absolute atomic E-state index is 0.183. The van der Waals surface area contributed by atoms with Gasteiger partial charge < -0.3 is 9.30 Å². The summed E-state index contributed by atoms with van der Waals surface area (Å²) in [6, 6.07) is 4.63. The Balaban J connectivity index is 2.30. The number of benzene rings is 1. The summed E-state index contributed by atoms with van der Waals surface area (Å²) in [5, 5.41) is 0. The van der Waals surface area contributed by atoms with Crippen LogP contribution in [0.5, 0.6) is 0 Å². The first-order chi connectivity index (χ1) is 9.11. The molecular weight excluding hydrogens is 267 g/mol. The lowest BCUT2D eigenvalue weighted by Gasteiger charge is -2.11. The van der Waals surface area contributed by atoms with E-state index >= 15 is 0 Å². The van der Waals surface area contributed by atoms with Crippen molar-refractivity contribution in [3.05, 3.63) is 29.8 Å². The standard InChI is InChI=1S/C14H18ClFN2O/c1-10(2)19-8-7-18-13-9-11(16)3-4-12(13)17-14(18)5-6-15/h3-4,9-10H,5-8H2,1-2H3. The maximum Gasteiger partial charge on any atom is 0.125 e. The maximum atomic E-state index is 13.4. The van der Waals surface area contributed by atoms with Crippen molar-refractivity contribution in [1.29, 1.82) is 0 Å². The quantitative estimate of drug-likeness (QED) is 0.761. The Hall–Kier alpha value is -1.13.